The average Bonchev–Trinajstić information content (AvgIpc) is 2.66. The Labute approximate surface area is 149 Å². The number of aromatic hydroxyl groups is 1. The van der Waals surface area contributed by atoms with Crippen LogP contribution in [-0.2, 0) is 9.59 Å². The van der Waals surface area contributed by atoms with Gasteiger partial charge in [0.25, 0.3) is 11.8 Å². The Morgan fingerprint density at radius 2 is 2.00 bits per heavy atom. The highest BCUT2D eigenvalue weighted by Gasteiger charge is 2.27. The van der Waals surface area contributed by atoms with Crippen LogP contribution in [0.2, 0.25) is 0 Å². The van der Waals surface area contributed by atoms with Crippen LogP contribution < -0.4 is 20.2 Å². The Morgan fingerprint density at radius 3 is 2.81 bits per heavy atom. The quantitative estimate of drug-likeness (QED) is 0.543. The van der Waals surface area contributed by atoms with E-state index in [2.05, 4.69) is 15.8 Å². The van der Waals surface area contributed by atoms with Crippen molar-refractivity contribution >= 4 is 18.0 Å². The van der Waals surface area contributed by atoms with Crippen LogP contribution >= 0.6 is 0 Å². The first-order valence-corrected chi connectivity index (χ1v) is 7.89. The van der Waals surface area contributed by atoms with Crippen LogP contribution in [0.5, 0.6) is 17.2 Å². The van der Waals surface area contributed by atoms with Crippen molar-refractivity contribution in [3.05, 3.63) is 54.1 Å². The van der Waals surface area contributed by atoms with Crippen molar-refractivity contribution in [2.75, 3.05) is 13.2 Å². The van der Waals surface area contributed by atoms with E-state index in [1.165, 1.54) is 18.3 Å². The van der Waals surface area contributed by atoms with Crippen molar-refractivity contribution in [3.63, 3.8) is 0 Å². The molecular weight excluding hydrogens is 338 g/mol. The molecule has 3 N–H and O–H groups in total. The van der Waals surface area contributed by atoms with E-state index < -0.39 is 17.9 Å². The van der Waals surface area contributed by atoms with E-state index in [1.807, 2.05) is 6.07 Å². The number of hydrogen-bond acceptors (Lipinski definition) is 6. The van der Waals surface area contributed by atoms with Gasteiger partial charge in [0.2, 0.25) is 6.10 Å². The van der Waals surface area contributed by atoms with Gasteiger partial charge in [0.05, 0.1) is 12.8 Å². The Kier molecular flexibility index (Phi) is 5.33. The van der Waals surface area contributed by atoms with Gasteiger partial charge >= 0.3 is 0 Å². The highest BCUT2D eigenvalue weighted by molar-refractivity contribution is 5.88. The Morgan fingerprint density at radius 1 is 1.19 bits per heavy atom. The predicted molar refractivity (Wildman–Crippen MR) is 93.2 cm³/mol. The number of para-hydroxylation sites is 2. The van der Waals surface area contributed by atoms with Crippen LogP contribution in [0, 0.1) is 0 Å². The molecule has 3 rings (SSSR count). The summed E-state index contributed by atoms with van der Waals surface area (Å²) >= 11 is 0. The van der Waals surface area contributed by atoms with E-state index in [0.717, 1.165) is 0 Å². The summed E-state index contributed by atoms with van der Waals surface area (Å²) in [7, 11) is 0. The van der Waals surface area contributed by atoms with Crippen LogP contribution in [0.4, 0.5) is 0 Å². The Balaban J connectivity index is 1.44. The third-order valence-electron chi connectivity index (χ3n) is 3.50. The maximum Gasteiger partial charge on any atom is 0.265 e. The third-order valence-corrected chi connectivity index (χ3v) is 3.50. The minimum atomic E-state index is -0.825. The van der Waals surface area contributed by atoms with Crippen molar-refractivity contribution in [3.8, 4) is 17.2 Å². The van der Waals surface area contributed by atoms with Crippen molar-refractivity contribution in [2.24, 2.45) is 5.10 Å². The molecule has 0 fully saturated rings. The molecule has 0 bridgehead atoms. The fourth-order valence-corrected chi connectivity index (χ4v) is 2.25. The van der Waals surface area contributed by atoms with Gasteiger partial charge in [-0.3, -0.25) is 9.59 Å². The number of nitrogens with zero attached hydrogens (tertiary/aromatic N) is 1. The monoisotopic (exact) mass is 355 g/mol. The summed E-state index contributed by atoms with van der Waals surface area (Å²) in [6, 6.07) is 13.4. The van der Waals surface area contributed by atoms with E-state index in [-0.39, 0.29) is 18.9 Å². The van der Waals surface area contributed by atoms with Gasteiger partial charge in [0, 0.05) is 0 Å². The molecule has 0 unspecified atom stereocenters. The molecule has 1 aliphatic rings. The van der Waals surface area contributed by atoms with Gasteiger partial charge in [-0.15, -0.1) is 0 Å². The molecule has 2 aromatic rings. The SMILES string of the molecule is O=C(CNC(=O)[C@H]1COc2ccccc2O1)N/N=C/c1cccc(O)c1. The van der Waals surface area contributed by atoms with Crippen LogP contribution in [-0.4, -0.2) is 42.4 Å². The molecule has 134 valence electrons. The normalized spacial score (nSPS) is 15.5. The van der Waals surface area contributed by atoms with E-state index in [9.17, 15) is 14.7 Å². The van der Waals surface area contributed by atoms with Crippen molar-refractivity contribution in [1.82, 2.24) is 10.7 Å². The van der Waals surface area contributed by atoms with Gasteiger partial charge in [-0.25, -0.2) is 5.43 Å². The zero-order chi connectivity index (χ0) is 18.4. The van der Waals surface area contributed by atoms with E-state index in [4.69, 9.17) is 9.47 Å². The van der Waals surface area contributed by atoms with E-state index in [1.54, 1.807) is 30.3 Å². The Bertz CT molecular complexity index is 837. The van der Waals surface area contributed by atoms with Gasteiger partial charge in [-0.1, -0.05) is 24.3 Å². The lowest BCUT2D eigenvalue weighted by Gasteiger charge is -2.25. The van der Waals surface area contributed by atoms with Crippen LogP contribution in [0.3, 0.4) is 0 Å². The summed E-state index contributed by atoms with van der Waals surface area (Å²) < 4.78 is 11.0. The topological polar surface area (TPSA) is 109 Å². The summed E-state index contributed by atoms with van der Waals surface area (Å²) in [6.07, 6.45) is 0.558. The maximum atomic E-state index is 12.1. The number of phenolic OH excluding ortho intramolecular Hbond substituents is 1. The zero-order valence-corrected chi connectivity index (χ0v) is 13.7. The van der Waals surface area contributed by atoms with Crippen LogP contribution in [0.1, 0.15) is 5.56 Å². The second-order valence-corrected chi connectivity index (χ2v) is 5.47. The highest BCUT2D eigenvalue weighted by Crippen LogP contribution is 2.30. The third kappa shape index (κ3) is 4.50. The number of benzene rings is 2. The van der Waals surface area contributed by atoms with Gasteiger partial charge in [-0.2, -0.15) is 5.10 Å². The first-order valence-electron chi connectivity index (χ1n) is 7.89. The summed E-state index contributed by atoms with van der Waals surface area (Å²) in [5.74, 6) is 0.219. The number of amides is 2. The number of hydrazone groups is 1. The average molecular weight is 355 g/mol. The molecule has 1 heterocycles. The standard InChI is InChI=1S/C18H17N3O5/c22-13-5-3-4-12(8-13)9-20-21-17(23)10-19-18(24)16-11-25-14-6-1-2-7-15(14)26-16/h1-9,16,22H,10-11H2,(H,19,24)(H,21,23)/b20-9+/t16-/m1/s1. The molecule has 8 nitrogen and oxygen atoms in total. The second-order valence-electron chi connectivity index (χ2n) is 5.47. The van der Waals surface area contributed by atoms with E-state index in [0.29, 0.717) is 17.1 Å². The summed E-state index contributed by atoms with van der Waals surface area (Å²) in [6.45, 7) is -0.183. The number of nitrogens with one attached hydrogen (secondary N) is 2. The second kappa shape index (κ2) is 8.02. The van der Waals surface area contributed by atoms with Gasteiger partial charge in [-0.05, 0) is 29.8 Å². The van der Waals surface area contributed by atoms with Crippen molar-refractivity contribution in [2.45, 2.75) is 6.10 Å². The lowest BCUT2D eigenvalue weighted by molar-refractivity contribution is -0.132. The largest absolute Gasteiger partial charge is 0.508 e. The lowest BCUT2D eigenvalue weighted by atomic mass is 10.2. The molecule has 26 heavy (non-hydrogen) atoms. The van der Waals surface area contributed by atoms with Crippen LogP contribution in [0.15, 0.2) is 53.6 Å². The van der Waals surface area contributed by atoms with E-state index >= 15 is 0 Å². The fraction of sp³-hybridized carbons (Fsp3) is 0.167. The highest BCUT2D eigenvalue weighted by atomic mass is 16.6. The molecule has 2 amide bonds. The first kappa shape index (κ1) is 17.3. The number of rotatable bonds is 5. The molecule has 8 heteroatoms. The van der Waals surface area contributed by atoms with Crippen molar-refractivity contribution < 1.29 is 24.2 Å². The van der Waals surface area contributed by atoms with Gasteiger partial charge < -0.3 is 19.9 Å². The fourth-order valence-electron chi connectivity index (χ4n) is 2.25. The number of carbonyl (C=O) groups is 2. The molecule has 2 aromatic carbocycles. The lowest BCUT2D eigenvalue weighted by Crippen LogP contribution is -2.46. The number of ether oxygens (including phenoxy) is 2. The molecular formula is C18H17N3O5. The molecule has 1 aliphatic heterocycles. The molecule has 0 saturated carbocycles. The molecule has 0 aromatic heterocycles. The summed E-state index contributed by atoms with van der Waals surface area (Å²) in [4.78, 5) is 23.8. The van der Waals surface area contributed by atoms with Gasteiger partial charge in [0.15, 0.2) is 11.5 Å². The number of phenols is 1. The summed E-state index contributed by atoms with van der Waals surface area (Å²) in [5, 5.41) is 15.6. The summed E-state index contributed by atoms with van der Waals surface area (Å²) in [5.41, 5.74) is 2.91. The molecule has 0 aliphatic carbocycles. The molecule has 1 atom stereocenters. The zero-order valence-electron chi connectivity index (χ0n) is 13.7. The minimum absolute atomic E-state index is 0.0696. The predicted octanol–water partition coefficient (Wildman–Crippen LogP) is 0.798. The molecule has 0 radical (unpaired) electrons. The maximum absolute atomic E-state index is 12.1. The van der Waals surface area contributed by atoms with Gasteiger partial charge in [0.1, 0.15) is 12.4 Å². The minimum Gasteiger partial charge on any atom is -0.508 e. The number of hydrogen-bond donors (Lipinski definition) is 3. The van der Waals surface area contributed by atoms with Crippen molar-refractivity contribution in [1.29, 1.82) is 0 Å². The number of fused-ring (bicyclic) bond motifs is 1. The number of carbonyl (C=O) groups excluding carboxylic acids is 2. The Hall–Kier alpha value is -3.55. The molecule has 0 saturated heterocycles. The van der Waals surface area contributed by atoms with Crippen LogP contribution in [0.25, 0.3) is 0 Å². The first-order chi connectivity index (χ1) is 12.6. The smallest absolute Gasteiger partial charge is 0.265 e. The molecule has 0 spiro atoms.